The van der Waals surface area contributed by atoms with E-state index in [1.54, 1.807) is 12.1 Å². The molecule has 0 atom stereocenters. The van der Waals surface area contributed by atoms with Crippen LogP contribution in [0.25, 0.3) is 21.7 Å². The minimum atomic E-state index is -0.608. The highest BCUT2D eigenvalue weighted by Crippen LogP contribution is 2.24. The summed E-state index contributed by atoms with van der Waals surface area (Å²) in [5.74, 6) is -0.388. The van der Waals surface area contributed by atoms with Gasteiger partial charge in [-0.25, -0.2) is 4.79 Å². The summed E-state index contributed by atoms with van der Waals surface area (Å²) in [6.45, 7) is 4.80. The summed E-state index contributed by atoms with van der Waals surface area (Å²) in [7, 11) is 0. The molecule has 3 aromatic rings. The molecule has 1 aromatic heterocycles. The molecule has 27 heavy (non-hydrogen) atoms. The quantitative estimate of drug-likeness (QED) is 0.426. The first-order chi connectivity index (χ1) is 13.2. The fourth-order valence-corrected chi connectivity index (χ4v) is 3.45. The molecule has 2 aromatic carbocycles. The first-order valence-electron chi connectivity index (χ1n) is 9.26. The summed E-state index contributed by atoms with van der Waals surface area (Å²) >= 11 is 0. The Hall–Kier alpha value is -2.70. The number of hydrogen-bond acceptors (Lipinski definition) is 5. The van der Waals surface area contributed by atoms with Gasteiger partial charge in [-0.1, -0.05) is 30.3 Å². The molecule has 0 bridgehead atoms. The van der Waals surface area contributed by atoms with Gasteiger partial charge in [-0.05, 0) is 35.9 Å². The van der Waals surface area contributed by atoms with Crippen LogP contribution in [0.2, 0.25) is 0 Å². The number of morpholine rings is 1. The number of ether oxygens (including phenoxy) is 1. The van der Waals surface area contributed by atoms with Gasteiger partial charge in [-0.15, -0.1) is 0 Å². The van der Waals surface area contributed by atoms with E-state index >= 15 is 0 Å². The number of rotatable bonds is 5. The second-order valence-corrected chi connectivity index (χ2v) is 6.71. The van der Waals surface area contributed by atoms with Crippen LogP contribution in [-0.2, 0) is 4.74 Å². The normalized spacial score (nSPS) is 15.3. The van der Waals surface area contributed by atoms with Crippen LogP contribution < -0.4 is 10.9 Å². The maximum atomic E-state index is 12.5. The summed E-state index contributed by atoms with van der Waals surface area (Å²) in [4.78, 5) is 27.0. The van der Waals surface area contributed by atoms with Gasteiger partial charge in [0.05, 0.1) is 13.2 Å². The van der Waals surface area contributed by atoms with Gasteiger partial charge in [0.25, 0.3) is 5.91 Å². The summed E-state index contributed by atoms with van der Waals surface area (Å²) < 4.78 is 10.7. The first-order valence-corrected chi connectivity index (χ1v) is 9.26. The molecule has 1 saturated heterocycles. The van der Waals surface area contributed by atoms with Crippen molar-refractivity contribution in [2.45, 2.75) is 6.42 Å². The van der Waals surface area contributed by atoms with Gasteiger partial charge in [-0.3, -0.25) is 9.69 Å². The Labute approximate surface area is 156 Å². The summed E-state index contributed by atoms with van der Waals surface area (Å²) in [6, 6.07) is 13.1. The Morgan fingerprint density at radius 3 is 2.74 bits per heavy atom. The molecule has 1 fully saturated rings. The van der Waals surface area contributed by atoms with Crippen LogP contribution in [0.15, 0.2) is 51.7 Å². The lowest BCUT2D eigenvalue weighted by atomic mass is 10.0. The van der Waals surface area contributed by atoms with Crippen molar-refractivity contribution in [2.24, 2.45) is 0 Å². The SMILES string of the molecule is O=C(NCCCN1CCOCC1)c1cc2c(ccc3ccccc32)oc1=O. The maximum Gasteiger partial charge on any atom is 0.349 e. The van der Waals surface area contributed by atoms with Crippen LogP contribution in [0.5, 0.6) is 0 Å². The van der Waals surface area contributed by atoms with E-state index in [9.17, 15) is 9.59 Å². The fourth-order valence-electron chi connectivity index (χ4n) is 3.45. The number of carbonyl (C=O) groups is 1. The third-order valence-corrected chi connectivity index (χ3v) is 4.93. The van der Waals surface area contributed by atoms with Gasteiger partial charge in [-0.2, -0.15) is 0 Å². The third-order valence-electron chi connectivity index (χ3n) is 4.93. The highest BCUT2D eigenvalue weighted by molar-refractivity contribution is 6.07. The van der Waals surface area contributed by atoms with Crippen LogP contribution in [0, 0.1) is 0 Å². The van der Waals surface area contributed by atoms with E-state index in [-0.39, 0.29) is 11.5 Å². The zero-order valence-electron chi connectivity index (χ0n) is 15.1. The lowest BCUT2D eigenvalue weighted by Crippen LogP contribution is -2.38. The Balaban J connectivity index is 1.48. The largest absolute Gasteiger partial charge is 0.422 e. The first kappa shape index (κ1) is 17.7. The molecule has 2 heterocycles. The minimum Gasteiger partial charge on any atom is -0.422 e. The van der Waals surface area contributed by atoms with Crippen molar-refractivity contribution in [1.82, 2.24) is 10.2 Å². The molecular weight excluding hydrogens is 344 g/mol. The lowest BCUT2D eigenvalue weighted by molar-refractivity contribution is 0.0374. The van der Waals surface area contributed by atoms with Crippen molar-refractivity contribution >= 4 is 27.6 Å². The molecule has 0 saturated carbocycles. The molecule has 1 aliphatic rings. The molecule has 140 valence electrons. The maximum absolute atomic E-state index is 12.5. The number of hydrogen-bond donors (Lipinski definition) is 1. The molecule has 0 aliphatic carbocycles. The van der Waals surface area contributed by atoms with E-state index in [4.69, 9.17) is 9.15 Å². The molecule has 0 spiro atoms. The molecular formula is C21H22N2O4. The number of nitrogens with zero attached hydrogens (tertiary/aromatic N) is 1. The minimum absolute atomic E-state index is 0.0465. The Kier molecular flexibility index (Phi) is 5.18. The molecule has 1 amide bonds. The number of amides is 1. The van der Waals surface area contributed by atoms with Crippen LogP contribution in [-0.4, -0.2) is 50.2 Å². The predicted octanol–water partition coefficient (Wildman–Crippen LogP) is 2.40. The van der Waals surface area contributed by atoms with Gasteiger partial charge in [0.1, 0.15) is 11.1 Å². The lowest BCUT2D eigenvalue weighted by Gasteiger charge is -2.26. The summed E-state index contributed by atoms with van der Waals surface area (Å²) in [5, 5.41) is 5.60. The second kappa shape index (κ2) is 7.90. The van der Waals surface area contributed by atoms with E-state index in [0.717, 1.165) is 55.4 Å². The molecule has 4 rings (SSSR count). The molecule has 1 aliphatic heterocycles. The average Bonchev–Trinajstić information content (AvgIpc) is 2.71. The van der Waals surface area contributed by atoms with Gasteiger partial charge < -0.3 is 14.5 Å². The number of fused-ring (bicyclic) bond motifs is 3. The zero-order chi connectivity index (χ0) is 18.6. The molecule has 0 radical (unpaired) electrons. The van der Waals surface area contributed by atoms with Crippen molar-refractivity contribution in [3.63, 3.8) is 0 Å². The Morgan fingerprint density at radius 2 is 1.89 bits per heavy atom. The Morgan fingerprint density at radius 1 is 1.07 bits per heavy atom. The molecule has 6 heteroatoms. The number of benzene rings is 2. The average molecular weight is 366 g/mol. The third kappa shape index (κ3) is 3.86. The van der Waals surface area contributed by atoms with Crippen LogP contribution >= 0.6 is 0 Å². The number of carbonyl (C=O) groups excluding carboxylic acids is 1. The van der Waals surface area contributed by atoms with Gasteiger partial charge in [0.2, 0.25) is 0 Å². The topological polar surface area (TPSA) is 71.8 Å². The van der Waals surface area contributed by atoms with E-state index in [1.165, 1.54) is 0 Å². The van der Waals surface area contributed by atoms with Crippen molar-refractivity contribution in [1.29, 1.82) is 0 Å². The van der Waals surface area contributed by atoms with Crippen LogP contribution in [0.1, 0.15) is 16.8 Å². The van der Waals surface area contributed by atoms with Gasteiger partial charge >= 0.3 is 5.63 Å². The predicted molar refractivity (Wildman–Crippen MR) is 104 cm³/mol. The van der Waals surface area contributed by atoms with Crippen molar-refractivity contribution < 1.29 is 13.9 Å². The van der Waals surface area contributed by atoms with Crippen LogP contribution in [0.4, 0.5) is 0 Å². The highest BCUT2D eigenvalue weighted by Gasteiger charge is 2.15. The van der Waals surface area contributed by atoms with E-state index < -0.39 is 5.63 Å². The van der Waals surface area contributed by atoms with Crippen molar-refractivity contribution in [3.05, 3.63) is 58.4 Å². The standard InChI is InChI=1S/C21H22N2O4/c24-20(22-8-3-9-23-10-12-26-13-11-23)18-14-17-16-5-2-1-4-15(16)6-7-19(17)27-21(18)25/h1-2,4-7,14H,3,8-13H2,(H,22,24). The van der Waals surface area contributed by atoms with Crippen molar-refractivity contribution in [2.75, 3.05) is 39.4 Å². The molecule has 6 nitrogen and oxygen atoms in total. The van der Waals surface area contributed by atoms with Crippen LogP contribution in [0.3, 0.4) is 0 Å². The molecule has 1 N–H and O–H groups in total. The van der Waals surface area contributed by atoms with E-state index in [0.29, 0.717) is 12.1 Å². The monoisotopic (exact) mass is 366 g/mol. The zero-order valence-corrected chi connectivity index (χ0v) is 15.1. The second-order valence-electron chi connectivity index (χ2n) is 6.71. The van der Waals surface area contributed by atoms with E-state index in [1.807, 2.05) is 30.3 Å². The summed E-state index contributed by atoms with van der Waals surface area (Å²) in [5.41, 5.74) is -0.0729. The van der Waals surface area contributed by atoms with Gasteiger partial charge in [0, 0.05) is 25.0 Å². The van der Waals surface area contributed by atoms with E-state index in [2.05, 4.69) is 10.2 Å². The van der Waals surface area contributed by atoms with Crippen molar-refractivity contribution in [3.8, 4) is 0 Å². The molecule has 0 unspecified atom stereocenters. The highest BCUT2D eigenvalue weighted by atomic mass is 16.5. The fraction of sp³-hybridized carbons (Fsp3) is 0.333. The smallest absolute Gasteiger partial charge is 0.349 e. The summed E-state index contributed by atoms with van der Waals surface area (Å²) in [6.07, 6.45) is 0.827. The van der Waals surface area contributed by atoms with Gasteiger partial charge in [0.15, 0.2) is 0 Å². The number of nitrogens with one attached hydrogen (secondary N) is 1. The Bertz CT molecular complexity index is 1020.